The standard InChI is InChI=1S/C3H3BrIN2P/c4-3-1-2-7(6-3)8-5/h1-2,8H. The van der Waals surface area contributed by atoms with Crippen molar-refractivity contribution in [2.24, 2.45) is 0 Å². The van der Waals surface area contributed by atoms with Crippen LogP contribution in [0.2, 0.25) is 0 Å². The van der Waals surface area contributed by atoms with Gasteiger partial charge in [-0.25, -0.2) is 4.45 Å². The number of nitrogens with zero attached hydrogens (tertiary/aromatic N) is 2. The summed E-state index contributed by atoms with van der Waals surface area (Å²) in [4.78, 5) is 0. The van der Waals surface area contributed by atoms with Crippen LogP contribution in [-0.4, -0.2) is 9.55 Å². The highest BCUT2D eigenvalue weighted by Gasteiger charge is 1.88. The molecule has 0 fully saturated rings. The summed E-state index contributed by atoms with van der Waals surface area (Å²) in [5, 5.41) is 4.07. The smallest absolute Gasteiger partial charge is 0.128 e. The van der Waals surface area contributed by atoms with E-state index in [1.165, 1.54) is 0 Å². The van der Waals surface area contributed by atoms with Crippen molar-refractivity contribution in [1.82, 2.24) is 9.55 Å². The summed E-state index contributed by atoms with van der Waals surface area (Å²) >= 11 is 5.52. The molecule has 1 heterocycles. The lowest BCUT2D eigenvalue weighted by Gasteiger charge is -1.86. The van der Waals surface area contributed by atoms with E-state index in [2.05, 4.69) is 43.1 Å². The molecule has 0 amide bonds. The van der Waals surface area contributed by atoms with E-state index >= 15 is 0 Å². The van der Waals surface area contributed by atoms with Crippen LogP contribution >= 0.6 is 44.3 Å². The maximum Gasteiger partial charge on any atom is 0.128 e. The Morgan fingerprint density at radius 1 is 1.88 bits per heavy atom. The molecule has 0 radical (unpaired) electrons. The molecule has 0 spiro atoms. The summed E-state index contributed by atoms with van der Waals surface area (Å²) in [5.74, 6) is 0. The van der Waals surface area contributed by atoms with Crippen LogP contribution in [0.4, 0.5) is 0 Å². The molecule has 0 aromatic carbocycles. The second kappa shape index (κ2) is 3.13. The van der Waals surface area contributed by atoms with E-state index < -0.39 is 0 Å². The molecule has 0 saturated carbocycles. The number of aromatic nitrogens is 2. The number of halogens is 2. The van der Waals surface area contributed by atoms with E-state index in [1.54, 1.807) is 0 Å². The van der Waals surface area contributed by atoms with Crippen LogP contribution in [0.25, 0.3) is 0 Å². The zero-order valence-electron chi connectivity index (χ0n) is 3.81. The summed E-state index contributed by atoms with van der Waals surface area (Å²) in [6.45, 7) is 0. The fourth-order valence-electron chi connectivity index (χ4n) is 0.349. The Bertz CT molecular complexity index is 178. The van der Waals surface area contributed by atoms with Crippen LogP contribution in [0.5, 0.6) is 0 Å². The second-order valence-electron chi connectivity index (χ2n) is 1.17. The first-order valence-electron chi connectivity index (χ1n) is 1.91. The molecule has 0 aliphatic heterocycles. The summed E-state index contributed by atoms with van der Waals surface area (Å²) < 4.78 is 2.78. The van der Waals surface area contributed by atoms with Crippen LogP contribution in [0.1, 0.15) is 0 Å². The number of rotatable bonds is 1. The van der Waals surface area contributed by atoms with E-state index in [0.717, 1.165) is 4.60 Å². The SMILES string of the molecule is Brc1ccn(PI)n1. The van der Waals surface area contributed by atoms with Crippen molar-refractivity contribution in [3.63, 3.8) is 0 Å². The minimum atomic E-state index is 0.696. The number of hydrogen-bond acceptors (Lipinski definition) is 1. The molecule has 5 heteroatoms. The molecule has 0 bridgehead atoms. The van der Waals surface area contributed by atoms with Gasteiger partial charge in [-0.05, 0) is 44.0 Å². The lowest BCUT2D eigenvalue weighted by molar-refractivity contribution is 0.995. The average Bonchev–Trinajstić information content (AvgIpc) is 2.14. The van der Waals surface area contributed by atoms with E-state index in [-0.39, 0.29) is 0 Å². The van der Waals surface area contributed by atoms with Gasteiger partial charge in [0.1, 0.15) is 4.60 Å². The molecule has 2 nitrogen and oxygen atoms in total. The van der Waals surface area contributed by atoms with Gasteiger partial charge in [0.15, 0.2) is 0 Å². The van der Waals surface area contributed by atoms with E-state index in [1.807, 2.05) is 16.7 Å². The van der Waals surface area contributed by atoms with Gasteiger partial charge in [-0.1, -0.05) is 0 Å². The Morgan fingerprint density at radius 3 is 2.88 bits per heavy atom. The van der Waals surface area contributed by atoms with Crippen LogP contribution in [-0.2, 0) is 0 Å². The summed E-state index contributed by atoms with van der Waals surface area (Å²) in [6, 6.07) is 1.92. The highest BCUT2D eigenvalue weighted by molar-refractivity contribution is 14.2. The summed E-state index contributed by atoms with van der Waals surface area (Å²) in [7, 11) is 0. The third kappa shape index (κ3) is 1.67. The molecule has 0 N–H and O–H groups in total. The van der Waals surface area contributed by atoms with E-state index in [0.29, 0.717) is 6.37 Å². The second-order valence-corrected chi connectivity index (χ2v) is 4.05. The largest absolute Gasteiger partial charge is 0.244 e. The molecule has 8 heavy (non-hydrogen) atoms. The van der Waals surface area contributed by atoms with E-state index in [9.17, 15) is 0 Å². The van der Waals surface area contributed by atoms with Gasteiger partial charge in [0.2, 0.25) is 0 Å². The van der Waals surface area contributed by atoms with Gasteiger partial charge in [-0.3, -0.25) is 0 Å². The maximum atomic E-state index is 4.07. The van der Waals surface area contributed by atoms with Crippen molar-refractivity contribution < 1.29 is 0 Å². The Balaban J connectivity index is 2.84. The van der Waals surface area contributed by atoms with Crippen molar-refractivity contribution in [3.05, 3.63) is 16.9 Å². The lowest BCUT2D eigenvalue weighted by atomic mass is 10.8. The highest BCUT2D eigenvalue weighted by Crippen LogP contribution is 2.22. The van der Waals surface area contributed by atoms with E-state index in [4.69, 9.17) is 0 Å². The van der Waals surface area contributed by atoms with Crippen LogP contribution < -0.4 is 0 Å². The minimum absolute atomic E-state index is 0.696. The molecule has 1 rings (SSSR count). The normalized spacial score (nSPS) is 11.2. The summed E-state index contributed by atoms with van der Waals surface area (Å²) in [5.41, 5.74) is 0. The highest BCUT2D eigenvalue weighted by atomic mass is 127. The van der Waals surface area contributed by atoms with Crippen molar-refractivity contribution in [1.29, 1.82) is 0 Å². The van der Waals surface area contributed by atoms with Gasteiger partial charge in [0.25, 0.3) is 0 Å². The quantitative estimate of drug-likeness (QED) is 0.575. The zero-order chi connectivity index (χ0) is 5.98. The molecule has 0 aliphatic carbocycles. The molecule has 1 aromatic rings. The summed E-state index contributed by atoms with van der Waals surface area (Å²) in [6.07, 6.45) is 2.64. The van der Waals surface area contributed by atoms with Crippen molar-refractivity contribution >= 4 is 44.3 Å². The van der Waals surface area contributed by atoms with Crippen molar-refractivity contribution in [3.8, 4) is 0 Å². The Labute approximate surface area is 70.5 Å². The van der Waals surface area contributed by atoms with Crippen LogP contribution in [0.3, 0.4) is 0 Å². The maximum absolute atomic E-state index is 4.07. The van der Waals surface area contributed by atoms with Gasteiger partial charge >= 0.3 is 0 Å². The molecular formula is C3H3BrIN2P. The van der Waals surface area contributed by atoms with Gasteiger partial charge in [0, 0.05) is 6.20 Å². The zero-order valence-corrected chi connectivity index (χ0v) is 8.55. The fraction of sp³-hybridized carbons (Fsp3) is 0. The lowest BCUT2D eigenvalue weighted by Crippen LogP contribution is -1.77. The Morgan fingerprint density at radius 2 is 2.62 bits per heavy atom. The molecule has 0 saturated heterocycles. The number of hydrogen-bond donors (Lipinski definition) is 0. The Hall–Kier alpha value is 0.850. The van der Waals surface area contributed by atoms with Crippen LogP contribution in [0.15, 0.2) is 16.9 Å². The first-order chi connectivity index (χ1) is 3.83. The first-order valence-corrected chi connectivity index (χ1v) is 6.76. The predicted octanol–water partition coefficient (Wildman–Crippen LogP) is 2.44. The molecular weight excluding hydrogens is 302 g/mol. The molecule has 44 valence electrons. The Kier molecular flexibility index (Phi) is 2.72. The van der Waals surface area contributed by atoms with Gasteiger partial charge in [-0.15, -0.1) is 0 Å². The van der Waals surface area contributed by atoms with Crippen molar-refractivity contribution in [2.45, 2.75) is 0 Å². The first kappa shape index (κ1) is 6.96. The third-order valence-electron chi connectivity index (χ3n) is 0.643. The van der Waals surface area contributed by atoms with Gasteiger partial charge < -0.3 is 0 Å². The van der Waals surface area contributed by atoms with Gasteiger partial charge in [0.05, 0.1) is 6.37 Å². The molecule has 1 unspecified atom stereocenters. The average molecular weight is 305 g/mol. The molecule has 1 aromatic heterocycles. The third-order valence-corrected chi connectivity index (χ3v) is 2.97. The monoisotopic (exact) mass is 304 g/mol. The topological polar surface area (TPSA) is 17.8 Å². The van der Waals surface area contributed by atoms with Crippen LogP contribution in [0, 0.1) is 0 Å². The molecule has 0 aliphatic rings. The molecule has 1 atom stereocenters. The predicted molar refractivity (Wildman–Crippen MR) is 47.7 cm³/mol. The fourth-order valence-corrected chi connectivity index (χ4v) is 1.87. The van der Waals surface area contributed by atoms with Crippen molar-refractivity contribution in [2.75, 3.05) is 0 Å². The van der Waals surface area contributed by atoms with Gasteiger partial charge in [-0.2, -0.15) is 5.10 Å². The minimum Gasteiger partial charge on any atom is -0.244 e.